The molecular weight excluding hydrogens is 215 g/mol. The summed E-state index contributed by atoms with van der Waals surface area (Å²) in [6.07, 6.45) is -2.91. The van der Waals surface area contributed by atoms with Crippen LogP contribution >= 0.6 is 0 Å². The number of fused-ring (bicyclic) bond motifs is 1. The van der Waals surface area contributed by atoms with Crippen molar-refractivity contribution >= 4 is 5.69 Å². The highest BCUT2D eigenvalue weighted by Crippen LogP contribution is 2.38. The summed E-state index contributed by atoms with van der Waals surface area (Å²) in [7, 11) is 0. The Balaban J connectivity index is 2.51. The van der Waals surface area contributed by atoms with Gasteiger partial charge in [0.25, 0.3) is 0 Å². The minimum atomic E-state index is -4.23. The second kappa shape index (κ2) is 4.00. The molecule has 1 aliphatic heterocycles. The normalized spacial score (nSPS) is 16.1. The molecule has 1 aromatic rings. The van der Waals surface area contributed by atoms with Crippen LogP contribution in [0.1, 0.15) is 24.5 Å². The Bertz CT molecular complexity index is 384. The van der Waals surface area contributed by atoms with E-state index in [0.717, 1.165) is 25.2 Å². The van der Waals surface area contributed by atoms with Crippen molar-refractivity contribution in [2.24, 2.45) is 0 Å². The first-order chi connectivity index (χ1) is 7.54. The third kappa shape index (κ3) is 1.88. The topological polar surface area (TPSA) is 3.24 Å². The predicted molar refractivity (Wildman–Crippen MR) is 57.7 cm³/mol. The van der Waals surface area contributed by atoms with Crippen LogP contribution in [0.25, 0.3) is 0 Å². The first-order valence-electron chi connectivity index (χ1n) is 5.48. The molecule has 0 aliphatic carbocycles. The van der Waals surface area contributed by atoms with E-state index in [9.17, 15) is 13.2 Å². The van der Waals surface area contributed by atoms with Gasteiger partial charge < -0.3 is 4.90 Å². The maximum absolute atomic E-state index is 12.8. The molecule has 0 saturated carbocycles. The summed E-state index contributed by atoms with van der Waals surface area (Å²) in [5, 5.41) is 0. The summed E-state index contributed by atoms with van der Waals surface area (Å²) in [4.78, 5) is 2.01. The highest BCUT2D eigenvalue weighted by atomic mass is 19.4. The molecule has 0 spiro atoms. The van der Waals surface area contributed by atoms with Crippen molar-refractivity contribution in [3.63, 3.8) is 0 Å². The number of benzene rings is 1. The molecule has 1 nitrogen and oxygen atoms in total. The highest BCUT2D eigenvalue weighted by molar-refractivity contribution is 5.59. The Morgan fingerprint density at radius 2 is 2.06 bits per heavy atom. The van der Waals surface area contributed by atoms with E-state index in [1.54, 1.807) is 6.07 Å². The molecule has 0 atom stereocenters. The summed E-state index contributed by atoms with van der Waals surface area (Å²) in [6.45, 7) is 3.58. The lowest BCUT2D eigenvalue weighted by Crippen LogP contribution is -2.30. The smallest absolute Gasteiger partial charge is 0.372 e. The van der Waals surface area contributed by atoms with Crippen LogP contribution in [0.4, 0.5) is 18.9 Å². The van der Waals surface area contributed by atoms with E-state index in [-0.39, 0.29) is 0 Å². The molecule has 0 radical (unpaired) electrons. The lowest BCUT2D eigenvalue weighted by atomic mass is 9.96. The number of hydrogen-bond donors (Lipinski definition) is 0. The number of hydrogen-bond acceptors (Lipinski definition) is 1. The van der Waals surface area contributed by atoms with Crippen molar-refractivity contribution < 1.29 is 13.2 Å². The lowest BCUT2D eigenvalue weighted by molar-refractivity contribution is -0.138. The summed E-state index contributed by atoms with van der Waals surface area (Å²) in [5.41, 5.74) is 0.745. The van der Waals surface area contributed by atoms with E-state index >= 15 is 0 Å². The van der Waals surface area contributed by atoms with E-state index < -0.39 is 11.7 Å². The fourth-order valence-corrected chi connectivity index (χ4v) is 2.29. The Labute approximate surface area is 92.9 Å². The fourth-order valence-electron chi connectivity index (χ4n) is 2.29. The van der Waals surface area contributed by atoms with Gasteiger partial charge in [-0.05, 0) is 37.5 Å². The van der Waals surface area contributed by atoms with Crippen LogP contribution in [0, 0.1) is 0 Å². The van der Waals surface area contributed by atoms with Gasteiger partial charge in [0.2, 0.25) is 0 Å². The Morgan fingerprint density at radius 3 is 2.69 bits per heavy atom. The predicted octanol–water partition coefficient (Wildman–Crippen LogP) is 3.48. The second-order valence-electron chi connectivity index (χ2n) is 3.98. The zero-order valence-corrected chi connectivity index (χ0v) is 9.14. The maximum atomic E-state index is 12.8. The number of alkyl halides is 3. The largest absolute Gasteiger partial charge is 0.416 e. The average molecular weight is 229 g/mol. The monoisotopic (exact) mass is 229 g/mol. The van der Waals surface area contributed by atoms with Gasteiger partial charge in [-0.15, -0.1) is 0 Å². The molecule has 4 heteroatoms. The number of rotatable bonds is 1. The van der Waals surface area contributed by atoms with Crippen LogP contribution in [0.3, 0.4) is 0 Å². The number of anilines is 1. The second-order valence-corrected chi connectivity index (χ2v) is 3.98. The quantitative estimate of drug-likeness (QED) is 0.712. The van der Waals surface area contributed by atoms with E-state index in [2.05, 4.69) is 0 Å². The molecular formula is C12H14F3N. The number of nitrogens with zero attached hydrogens (tertiary/aromatic N) is 1. The molecule has 1 aromatic carbocycles. The van der Waals surface area contributed by atoms with Crippen molar-refractivity contribution in [1.29, 1.82) is 0 Å². The maximum Gasteiger partial charge on any atom is 0.416 e. The fraction of sp³-hybridized carbons (Fsp3) is 0.500. The van der Waals surface area contributed by atoms with Crippen LogP contribution in [0.2, 0.25) is 0 Å². The SMILES string of the molecule is CCN1CCCc2c1cccc2C(F)(F)F. The van der Waals surface area contributed by atoms with E-state index in [0.29, 0.717) is 12.0 Å². The number of halogens is 3. The molecule has 1 heterocycles. The summed E-state index contributed by atoms with van der Waals surface area (Å²) < 4.78 is 38.4. The summed E-state index contributed by atoms with van der Waals surface area (Å²) in [6, 6.07) is 4.46. The zero-order chi connectivity index (χ0) is 11.8. The lowest BCUT2D eigenvalue weighted by Gasteiger charge is -2.31. The van der Waals surface area contributed by atoms with Crippen LogP contribution < -0.4 is 4.90 Å². The van der Waals surface area contributed by atoms with Crippen molar-refractivity contribution in [3.8, 4) is 0 Å². The van der Waals surface area contributed by atoms with Crippen LogP contribution in [-0.4, -0.2) is 13.1 Å². The molecule has 0 amide bonds. The molecule has 1 aliphatic rings. The van der Waals surface area contributed by atoms with Gasteiger partial charge in [-0.3, -0.25) is 0 Å². The van der Waals surface area contributed by atoms with Gasteiger partial charge in [0, 0.05) is 18.8 Å². The van der Waals surface area contributed by atoms with Gasteiger partial charge in [-0.2, -0.15) is 13.2 Å². The molecule has 2 rings (SSSR count). The first kappa shape index (κ1) is 11.3. The van der Waals surface area contributed by atoms with Crippen LogP contribution in [0.15, 0.2) is 18.2 Å². The van der Waals surface area contributed by atoms with Gasteiger partial charge in [0.1, 0.15) is 0 Å². The van der Waals surface area contributed by atoms with Gasteiger partial charge in [-0.1, -0.05) is 6.07 Å². The molecule has 0 unspecified atom stereocenters. The molecule has 0 aromatic heterocycles. The third-order valence-corrected chi connectivity index (χ3v) is 3.03. The molecule has 16 heavy (non-hydrogen) atoms. The van der Waals surface area contributed by atoms with Crippen molar-refractivity contribution in [3.05, 3.63) is 29.3 Å². The molecule has 0 bridgehead atoms. The summed E-state index contributed by atoms with van der Waals surface area (Å²) >= 11 is 0. The molecule has 0 N–H and O–H groups in total. The minimum Gasteiger partial charge on any atom is -0.372 e. The Hall–Kier alpha value is -1.19. The van der Waals surface area contributed by atoms with Gasteiger partial charge in [-0.25, -0.2) is 0 Å². The standard InChI is InChI=1S/C12H14F3N/c1-2-16-8-4-5-9-10(12(13,14)15)6-3-7-11(9)16/h3,6-7H,2,4-5,8H2,1H3. The van der Waals surface area contributed by atoms with Gasteiger partial charge in [0.15, 0.2) is 0 Å². The minimum absolute atomic E-state index is 0.461. The van der Waals surface area contributed by atoms with Gasteiger partial charge in [0.05, 0.1) is 5.56 Å². The molecule has 0 saturated heterocycles. The van der Waals surface area contributed by atoms with Crippen molar-refractivity contribution in [2.75, 3.05) is 18.0 Å². The average Bonchev–Trinajstić information content (AvgIpc) is 2.26. The molecule has 88 valence electrons. The first-order valence-corrected chi connectivity index (χ1v) is 5.48. The van der Waals surface area contributed by atoms with Crippen molar-refractivity contribution in [1.82, 2.24) is 0 Å². The van der Waals surface area contributed by atoms with Crippen LogP contribution in [-0.2, 0) is 12.6 Å². The highest BCUT2D eigenvalue weighted by Gasteiger charge is 2.35. The van der Waals surface area contributed by atoms with Gasteiger partial charge >= 0.3 is 6.18 Å². The Kier molecular flexibility index (Phi) is 2.82. The van der Waals surface area contributed by atoms with Crippen LogP contribution in [0.5, 0.6) is 0 Å². The van der Waals surface area contributed by atoms with Crippen molar-refractivity contribution in [2.45, 2.75) is 25.9 Å². The van der Waals surface area contributed by atoms with E-state index in [1.807, 2.05) is 11.8 Å². The van der Waals surface area contributed by atoms with E-state index in [4.69, 9.17) is 0 Å². The zero-order valence-electron chi connectivity index (χ0n) is 9.14. The molecule has 0 fully saturated rings. The van der Waals surface area contributed by atoms with E-state index in [1.165, 1.54) is 12.1 Å². The Morgan fingerprint density at radius 1 is 1.31 bits per heavy atom. The third-order valence-electron chi connectivity index (χ3n) is 3.03. The summed E-state index contributed by atoms with van der Waals surface area (Å²) in [5.74, 6) is 0.